The third-order valence-electron chi connectivity index (χ3n) is 3.40. The molecular formula is C11H17N5. The Kier molecular flexibility index (Phi) is 2.71. The fraction of sp³-hybridized carbons (Fsp3) is 0.636. The van der Waals surface area contributed by atoms with Gasteiger partial charge in [0, 0.05) is 57.7 Å². The van der Waals surface area contributed by atoms with E-state index >= 15 is 0 Å². The average molecular weight is 219 g/mol. The van der Waals surface area contributed by atoms with Crippen molar-refractivity contribution in [3.05, 3.63) is 18.6 Å². The number of hydrogen-bond donors (Lipinski definition) is 1. The molecule has 0 unspecified atom stereocenters. The van der Waals surface area contributed by atoms with Gasteiger partial charge >= 0.3 is 0 Å². The van der Waals surface area contributed by atoms with Gasteiger partial charge in [0.2, 0.25) is 0 Å². The Morgan fingerprint density at radius 3 is 2.69 bits per heavy atom. The van der Waals surface area contributed by atoms with Crippen LogP contribution in [0.1, 0.15) is 0 Å². The van der Waals surface area contributed by atoms with Crippen molar-refractivity contribution < 1.29 is 0 Å². The van der Waals surface area contributed by atoms with E-state index in [0.29, 0.717) is 6.04 Å². The van der Waals surface area contributed by atoms with Crippen molar-refractivity contribution in [3.63, 3.8) is 0 Å². The van der Waals surface area contributed by atoms with Gasteiger partial charge in [-0.05, 0) is 0 Å². The standard InChI is InChI=1S/C11H17N5/c1-2-14-11(7-13-1)16-8-10(9-16)15-5-3-12-4-6-15/h1-2,7,10,12H,3-6,8-9H2. The zero-order chi connectivity index (χ0) is 10.8. The predicted octanol–water partition coefficient (Wildman–Crippen LogP) is -0.430. The molecule has 16 heavy (non-hydrogen) atoms. The van der Waals surface area contributed by atoms with Crippen LogP contribution in [-0.2, 0) is 0 Å². The molecule has 5 heteroatoms. The first-order chi connectivity index (χ1) is 7.93. The van der Waals surface area contributed by atoms with Crippen LogP contribution in [0.5, 0.6) is 0 Å². The SMILES string of the molecule is c1cnc(N2CC(N3CCNCC3)C2)cn1. The maximum Gasteiger partial charge on any atom is 0.147 e. The predicted molar refractivity (Wildman–Crippen MR) is 62.5 cm³/mol. The Bertz CT molecular complexity index is 329. The normalized spacial score (nSPS) is 23.1. The molecule has 2 aliphatic rings. The Hall–Kier alpha value is -1.20. The molecule has 0 saturated carbocycles. The van der Waals surface area contributed by atoms with Crippen molar-refractivity contribution in [3.8, 4) is 0 Å². The van der Waals surface area contributed by atoms with Crippen LogP contribution in [0.3, 0.4) is 0 Å². The molecule has 0 bridgehead atoms. The van der Waals surface area contributed by atoms with E-state index in [1.54, 1.807) is 12.4 Å². The van der Waals surface area contributed by atoms with Gasteiger partial charge in [0.1, 0.15) is 5.82 Å². The molecule has 0 aliphatic carbocycles. The molecule has 2 saturated heterocycles. The lowest BCUT2D eigenvalue weighted by Gasteiger charge is -2.47. The molecule has 0 aromatic carbocycles. The van der Waals surface area contributed by atoms with Crippen molar-refractivity contribution in [1.29, 1.82) is 0 Å². The Morgan fingerprint density at radius 2 is 2.00 bits per heavy atom. The molecule has 3 rings (SSSR count). The third-order valence-corrected chi connectivity index (χ3v) is 3.40. The largest absolute Gasteiger partial charge is 0.352 e. The van der Waals surface area contributed by atoms with Crippen LogP contribution in [0.2, 0.25) is 0 Å². The van der Waals surface area contributed by atoms with E-state index in [1.165, 1.54) is 13.1 Å². The van der Waals surface area contributed by atoms with Crippen molar-refractivity contribution in [2.75, 3.05) is 44.2 Å². The van der Waals surface area contributed by atoms with Crippen molar-refractivity contribution in [1.82, 2.24) is 20.2 Å². The summed E-state index contributed by atoms with van der Waals surface area (Å²) in [4.78, 5) is 13.3. The van der Waals surface area contributed by atoms with Gasteiger partial charge in [0.15, 0.2) is 0 Å². The molecule has 0 amide bonds. The summed E-state index contributed by atoms with van der Waals surface area (Å²) >= 11 is 0. The zero-order valence-electron chi connectivity index (χ0n) is 9.34. The van der Waals surface area contributed by atoms with E-state index in [9.17, 15) is 0 Å². The molecule has 5 nitrogen and oxygen atoms in total. The summed E-state index contributed by atoms with van der Waals surface area (Å²) in [6.45, 7) is 6.80. The van der Waals surface area contributed by atoms with Crippen LogP contribution >= 0.6 is 0 Å². The van der Waals surface area contributed by atoms with Crippen molar-refractivity contribution >= 4 is 5.82 Å². The van der Waals surface area contributed by atoms with E-state index in [0.717, 1.165) is 32.0 Å². The number of nitrogens with zero attached hydrogens (tertiary/aromatic N) is 4. The van der Waals surface area contributed by atoms with E-state index < -0.39 is 0 Å². The minimum atomic E-state index is 0.712. The Morgan fingerprint density at radius 1 is 1.19 bits per heavy atom. The highest BCUT2D eigenvalue weighted by atomic mass is 15.3. The first kappa shape index (κ1) is 9.99. The maximum absolute atomic E-state index is 4.31. The molecule has 0 radical (unpaired) electrons. The summed E-state index contributed by atoms with van der Waals surface area (Å²) < 4.78 is 0. The van der Waals surface area contributed by atoms with Gasteiger partial charge in [-0.25, -0.2) is 4.98 Å². The number of hydrogen-bond acceptors (Lipinski definition) is 5. The van der Waals surface area contributed by atoms with Crippen LogP contribution in [0.15, 0.2) is 18.6 Å². The van der Waals surface area contributed by atoms with Gasteiger partial charge in [-0.15, -0.1) is 0 Å². The van der Waals surface area contributed by atoms with Gasteiger partial charge in [-0.3, -0.25) is 9.88 Å². The first-order valence-electron chi connectivity index (χ1n) is 5.89. The van der Waals surface area contributed by atoms with Crippen LogP contribution in [0, 0.1) is 0 Å². The quantitative estimate of drug-likeness (QED) is 0.731. The highest BCUT2D eigenvalue weighted by Gasteiger charge is 2.32. The van der Waals surface area contributed by atoms with Crippen LogP contribution in [0.25, 0.3) is 0 Å². The number of aromatic nitrogens is 2. The molecule has 1 N–H and O–H groups in total. The first-order valence-corrected chi connectivity index (χ1v) is 5.89. The minimum absolute atomic E-state index is 0.712. The van der Waals surface area contributed by atoms with Crippen LogP contribution in [0.4, 0.5) is 5.82 Å². The Balaban J connectivity index is 1.54. The molecule has 1 aromatic heterocycles. The number of nitrogens with one attached hydrogen (secondary N) is 1. The third kappa shape index (κ3) is 1.88. The topological polar surface area (TPSA) is 44.3 Å². The minimum Gasteiger partial charge on any atom is -0.352 e. The van der Waals surface area contributed by atoms with E-state index in [2.05, 4.69) is 25.1 Å². The number of piperazine rings is 1. The lowest BCUT2D eigenvalue weighted by atomic mass is 10.1. The lowest BCUT2D eigenvalue weighted by molar-refractivity contribution is 0.147. The van der Waals surface area contributed by atoms with E-state index in [4.69, 9.17) is 0 Å². The van der Waals surface area contributed by atoms with Gasteiger partial charge in [0.05, 0.1) is 6.20 Å². The zero-order valence-corrected chi connectivity index (χ0v) is 9.34. The highest BCUT2D eigenvalue weighted by Crippen LogP contribution is 2.20. The maximum atomic E-state index is 4.31. The molecule has 86 valence electrons. The molecule has 1 aromatic rings. The second-order valence-corrected chi connectivity index (χ2v) is 4.41. The summed E-state index contributed by atoms with van der Waals surface area (Å²) in [5.41, 5.74) is 0. The van der Waals surface area contributed by atoms with Crippen LogP contribution < -0.4 is 10.2 Å². The number of anilines is 1. The lowest BCUT2D eigenvalue weighted by Crippen LogP contribution is -2.63. The van der Waals surface area contributed by atoms with Gasteiger partial charge in [-0.1, -0.05) is 0 Å². The van der Waals surface area contributed by atoms with Gasteiger partial charge in [0.25, 0.3) is 0 Å². The highest BCUT2D eigenvalue weighted by molar-refractivity contribution is 5.39. The number of rotatable bonds is 2. The second kappa shape index (κ2) is 4.35. The fourth-order valence-electron chi connectivity index (χ4n) is 2.38. The summed E-state index contributed by atoms with van der Waals surface area (Å²) in [5, 5.41) is 3.38. The smallest absolute Gasteiger partial charge is 0.147 e. The molecule has 0 spiro atoms. The monoisotopic (exact) mass is 219 g/mol. The van der Waals surface area contributed by atoms with Crippen LogP contribution in [-0.4, -0.2) is 60.2 Å². The molecule has 2 fully saturated rings. The van der Waals surface area contributed by atoms with Gasteiger partial charge < -0.3 is 10.2 Å². The summed E-state index contributed by atoms with van der Waals surface area (Å²) in [6, 6.07) is 0.712. The summed E-state index contributed by atoms with van der Waals surface area (Å²) in [5.74, 6) is 1.01. The summed E-state index contributed by atoms with van der Waals surface area (Å²) in [7, 11) is 0. The van der Waals surface area contributed by atoms with Gasteiger partial charge in [-0.2, -0.15) is 0 Å². The molecular weight excluding hydrogens is 202 g/mol. The summed E-state index contributed by atoms with van der Waals surface area (Å²) in [6.07, 6.45) is 5.32. The molecule has 0 atom stereocenters. The fourth-order valence-corrected chi connectivity index (χ4v) is 2.38. The van der Waals surface area contributed by atoms with E-state index in [1.807, 2.05) is 6.20 Å². The molecule has 2 aliphatic heterocycles. The van der Waals surface area contributed by atoms with Crippen molar-refractivity contribution in [2.24, 2.45) is 0 Å². The average Bonchev–Trinajstić information content (AvgIpc) is 2.30. The van der Waals surface area contributed by atoms with Crippen molar-refractivity contribution in [2.45, 2.75) is 6.04 Å². The second-order valence-electron chi connectivity index (χ2n) is 4.41. The van der Waals surface area contributed by atoms with E-state index in [-0.39, 0.29) is 0 Å². The Labute approximate surface area is 95.5 Å². The molecule has 3 heterocycles.